The van der Waals surface area contributed by atoms with Crippen LogP contribution in [0.3, 0.4) is 0 Å². The molecule has 2 rings (SSSR count). The summed E-state index contributed by atoms with van der Waals surface area (Å²) in [4.78, 5) is 11.5. The molecule has 2 atom stereocenters. The van der Waals surface area contributed by atoms with Gasteiger partial charge in [0.1, 0.15) is 6.61 Å². The molecule has 0 spiro atoms. The molecule has 0 heterocycles. The minimum atomic E-state index is -0.825. The standard InChI is InChI=1S/C14H11Cl7O2/c1-13(2)11(14(13,21)4-15)12(22)23-3-5-6(16)8(18)10(20)9(19)7(5)17/h11H,3-4H2,1-2H3. The average Bonchev–Trinajstić information content (AvgIpc) is 2.96. The summed E-state index contributed by atoms with van der Waals surface area (Å²) in [6.45, 7) is 3.50. The molecule has 1 saturated carbocycles. The van der Waals surface area contributed by atoms with E-state index in [2.05, 4.69) is 0 Å². The number of ether oxygens (including phenoxy) is 1. The van der Waals surface area contributed by atoms with Crippen LogP contribution >= 0.6 is 81.2 Å². The van der Waals surface area contributed by atoms with E-state index in [1.807, 2.05) is 13.8 Å². The van der Waals surface area contributed by atoms with Gasteiger partial charge in [0.25, 0.3) is 0 Å². The van der Waals surface area contributed by atoms with E-state index in [0.717, 1.165) is 0 Å². The molecule has 0 amide bonds. The fraction of sp³-hybridized carbons (Fsp3) is 0.500. The summed E-state index contributed by atoms with van der Waals surface area (Å²) >= 11 is 42.3. The Kier molecular flexibility index (Phi) is 5.92. The summed E-state index contributed by atoms with van der Waals surface area (Å²) in [5.41, 5.74) is -0.179. The van der Waals surface area contributed by atoms with Crippen LogP contribution < -0.4 is 0 Å². The number of esters is 1. The van der Waals surface area contributed by atoms with Gasteiger partial charge >= 0.3 is 5.97 Å². The van der Waals surface area contributed by atoms with Gasteiger partial charge in [0.2, 0.25) is 0 Å². The molecule has 9 heteroatoms. The fourth-order valence-corrected chi connectivity index (χ4v) is 4.74. The molecule has 2 nitrogen and oxygen atoms in total. The Morgan fingerprint density at radius 1 is 1.00 bits per heavy atom. The third kappa shape index (κ3) is 3.14. The zero-order chi connectivity index (χ0) is 17.7. The van der Waals surface area contributed by atoms with Gasteiger partial charge in [-0.25, -0.2) is 0 Å². The third-order valence-electron chi connectivity index (χ3n) is 4.26. The maximum atomic E-state index is 12.3. The van der Waals surface area contributed by atoms with Crippen LogP contribution in [-0.2, 0) is 16.1 Å². The van der Waals surface area contributed by atoms with Crippen molar-refractivity contribution in [2.45, 2.75) is 25.3 Å². The van der Waals surface area contributed by atoms with E-state index in [1.165, 1.54) is 0 Å². The monoisotopic (exact) mass is 456 g/mol. The first-order chi connectivity index (χ1) is 10.5. The van der Waals surface area contributed by atoms with Gasteiger partial charge in [-0.3, -0.25) is 4.79 Å². The lowest BCUT2D eigenvalue weighted by molar-refractivity contribution is -0.147. The Labute approximate surface area is 169 Å². The molecule has 1 fully saturated rings. The minimum Gasteiger partial charge on any atom is -0.460 e. The molecule has 0 aliphatic heterocycles. The van der Waals surface area contributed by atoms with Gasteiger partial charge in [-0.15, -0.1) is 23.2 Å². The molecule has 0 N–H and O–H groups in total. The van der Waals surface area contributed by atoms with Crippen molar-refractivity contribution in [2.75, 3.05) is 5.88 Å². The number of benzene rings is 1. The van der Waals surface area contributed by atoms with Crippen LogP contribution in [0.1, 0.15) is 19.4 Å². The van der Waals surface area contributed by atoms with Crippen LogP contribution in [0.5, 0.6) is 0 Å². The smallest absolute Gasteiger partial charge is 0.311 e. The molecule has 23 heavy (non-hydrogen) atoms. The Bertz CT molecular complexity index is 645. The van der Waals surface area contributed by atoms with E-state index in [1.54, 1.807) is 0 Å². The molecule has 1 aliphatic carbocycles. The molecular weight excluding hydrogens is 448 g/mol. The molecule has 0 saturated heterocycles. The first-order valence-electron chi connectivity index (χ1n) is 6.42. The second kappa shape index (κ2) is 6.79. The van der Waals surface area contributed by atoms with Crippen molar-refractivity contribution in [3.05, 3.63) is 30.7 Å². The molecule has 1 aliphatic rings. The lowest BCUT2D eigenvalue weighted by atomic mass is 10.1. The number of alkyl halides is 2. The van der Waals surface area contributed by atoms with Crippen LogP contribution in [0.2, 0.25) is 25.1 Å². The van der Waals surface area contributed by atoms with E-state index >= 15 is 0 Å². The summed E-state index contributed by atoms with van der Waals surface area (Å²) in [7, 11) is 0. The number of carbonyl (C=O) groups is 1. The zero-order valence-electron chi connectivity index (χ0n) is 12.0. The van der Waals surface area contributed by atoms with Crippen molar-refractivity contribution >= 4 is 87.2 Å². The molecule has 1 aromatic carbocycles. The topological polar surface area (TPSA) is 26.3 Å². The van der Waals surface area contributed by atoms with Crippen molar-refractivity contribution < 1.29 is 9.53 Å². The lowest BCUT2D eigenvalue weighted by Gasteiger charge is -2.13. The summed E-state index contributed by atoms with van der Waals surface area (Å²) in [5.74, 6) is -0.869. The highest BCUT2D eigenvalue weighted by Gasteiger charge is 2.74. The Morgan fingerprint density at radius 2 is 1.43 bits per heavy atom. The molecular formula is C14H11Cl7O2. The van der Waals surface area contributed by atoms with E-state index in [-0.39, 0.29) is 43.2 Å². The van der Waals surface area contributed by atoms with E-state index in [9.17, 15) is 4.79 Å². The van der Waals surface area contributed by atoms with Crippen molar-refractivity contribution in [2.24, 2.45) is 11.3 Å². The predicted molar refractivity (Wildman–Crippen MR) is 97.9 cm³/mol. The Hall–Kier alpha value is 0.720. The maximum Gasteiger partial charge on any atom is 0.311 e. The summed E-state index contributed by atoms with van der Waals surface area (Å²) in [6.07, 6.45) is 0. The average molecular weight is 459 g/mol. The number of halogens is 7. The highest BCUT2D eigenvalue weighted by atomic mass is 35.5. The highest BCUT2D eigenvalue weighted by molar-refractivity contribution is 6.55. The second-order valence-electron chi connectivity index (χ2n) is 5.81. The van der Waals surface area contributed by atoms with Gasteiger partial charge in [-0.2, -0.15) is 0 Å². The fourth-order valence-electron chi connectivity index (χ4n) is 2.53. The molecule has 0 radical (unpaired) electrons. The van der Waals surface area contributed by atoms with E-state index in [0.29, 0.717) is 0 Å². The summed E-state index contributed by atoms with van der Waals surface area (Å²) in [6, 6.07) is 0. The molecule has 2 unspecified atom stereocenters. The van der Waals surface area contributed by atoms with E-state index < -0.39 is 22.2 Å². The Balaban J connectivity index is 2.19. The van der Waals surface area contributed by atoms with Crippen molar-refractivity contribution in [1.82, 2.24) is 0 Å². The van der Waals surface area contributed by atoms with E-state index in [4.69, 9.17) is 85.9 Å². The van der Waals surface area contributed by atoms with Gasteiger partial charge in [-0.1, -0.05) is 71.9 Å². The summed E-state index contributed by atoms with van der Waals surface area (Å²) in [5, 5.41) is 0.316. The van der Waals surface area contributed by atoms with Crippen LogP contribution in [0.4, 0.5) is 0 Å². The minimum absolute atomic E-state index is 0.0450. The number of rotatable bonds is 4. The second-order valence-corrected chi connectivity index (χ2v) is 8.64. The molecule has 0 aromatic heterocycles. The van der Waals surface area contributed by atoms with Gasteiger partial charge in [0.15, 0.2) is 0 Å². The maximum absolute atomic E-state index is 12.3. The van der Waals surface area contributed by atoms with Gasteiger partial charge in [-0.05, 0) is 0 Å². The van der Waals surface area contributed by atoms with Crippen LogP contribution in [0.15, 0.2) is 0 Å². The zero-order valence-corrected chi connectivity index (χ0v) is 17.2. The lowest BCUT2D eigenvalue weighted by Crippen LogP contribution is -2.15. The van der Waals surface area contributed by atoms with Crippen molar-refractivity contribution in [3.8, 4) is 0 Å². The molecule has 0 bridgehead atoms. The first kappa shape index (κ1) is 20.0. The Morgan fingerprint density at radius 3 is 1.83 bits per heavy atom. The normalized spacial score (nSPS) is 25.3. The number of carbonyl (C=O) groups excluding carboxylic acids is 1. The van der Waals surface area contributed by atoms with Crippen molar-refractivity contribution in [3.63, 3.8) is 0 Å². The van der Waals surface area contributed by atoms with Crippen molar-refractivity contribution in [1.29, 1.82) is 0 Å². The first-order valence-corrected chi connectivity index (χ1v) is 9.22. The molecule has 1 aromatic rings. The SMILES string of the molecule is CC1(C)C(C(=O)OCc2c(Cl)c(Cl)c(Cl)c(Cl)c2Cl)C1(Cl)CCl. The number of hydrogen-bond acceptors (Lipinski definition) is 2. The number of hydrogen-bond donors (Lipinski definition) is 0. The largest absolute Gasteiger partial charge is 0.460 e. The summed E-state index contributed by atoms with van der Waals surface area (Å²) < 4.78 is 5.29. The highest BCUT2D eigenvalue weighted by Crippen LogP contribution is 2.67. The predicted octanol–water partition coefficient (Wildman–Crippen LogP) is 6.87. The third-order valence-corrected chi connectivity index (χ3v) is 8.01. The van der Waals surface area contributed by atoms with Crippen LogP contribution in [0.25, 0.3) is 0 Å². The van der Waals surface area contributed by atoms with Crippen LogP contribution in [0, 0.1) is 11.3 Å². The van der Waals surface area contributed by atoms with Gasteiger partial charge < -0.3 is 4.74 Å². The molecule has 128 valence electrons. The van der Waals surface area contributed by atoms with Crippen LogP contribution in [-0.4, -0.2) is 16.7 Å². The van der Waals surface area contributed by atoms with Gasteiger partial charge in [0.05, 0.1) is 35.9 Å². The quantitative estimate of drug-likeness (QED) is 0.213. The van der Waals surface area contributed by atoms with Gasteiger partial charge in [0, 0.05) is 16.9 Å².